The molecule has 0 aliphatic carbocycles. The number of nitrogen functional groups attached to an aromatic ring is 1. The predicted octanol–water partition coefficient (Wildman–Crippen LogP) is 2.24. The summed E-state index contributed by atoms with van der Waals surface area (Å²) in [5.74, 6) is 1.18. The Labute approximate surface area is 165 Å². The van der Waals surface area contributed by atoms with Gasteiger partial charge in [-0.2, -0.15) is 4.98 Å². The number of ether oxygens (including phenoxy) is 1. The number of piperazine rings is 1. The Morgan fingerprint density at radius 2 is 1.89 bits per heavy atom. The Kier molecular flexibility index (Phi) is 6.65. The monoisotopic (exact) mass is 384 g/mol. The third kappa shape index (κ3) is 4.89. The summed E-state index contributed by atoms with van der Waals surface area (Å²) in [6.07, 6.45) is 2.65. The minimum Gasteiger partial charge on any atom is -0.494 e. The average Bonchev–Trinajstić information content (AvgIpc) is 2.70. The first kappa shape index (κ1) is 19.9. The smallest absolute Gasteiger partial charge is 0.260 e. The van der Waals surface area contributed by atoms with Crippen molar-refractivity contribution in [1.29, 1.82) is 0 Å². The van der Waals surface area contributed by atoms with Gasteiger partial charge in [-0.1, -0.05) is 6.92 Å². The summed E-state index contributed by atoms with van der Waals surface area (Å²) >= 11 is 0. The molecule has 0 saturated carbocycles. The summed E-state index contributed by atoms with van der Waals surface area (Å²) in [5.41, 5.74) is 6.97. The van der Waals surface area contributed by atoms with Crippen LogP contribution in [0.25, 0.3) is 0 Å². The lowest BCUT2D eigenvalue weighted by molar-refractivity contribution is 0.102. The number of rotatable bonds is 7. The predicted molar refractivity (Wildman–Crippen MR) is 111 cm³/mol. The van der Waals surface area contributed by atoms with E-state index in [1.165, 1.54) is 6.20 Å². The first-order valence-corrected chi connectivity index (χ1v) is 9.74. The van der Waals surface area contributed by atoms with Crippen LogP contribution in [-0.2, 0) is 0 Å². The highest BCUT2D eigenvalue weighted by Crippen LogP contribution is 2.19. The molecule has 1 amide bonds. The van der Waals surface area contributed by atoms with Crippen molar-refractivity contribution in [1.82, 2.24) is 14.9 Å². The van der Waals surface area contributed by atoms with Crippen molar-refractivity contribution in [2.24, 2.45) is 0 Å². The fraction of sp³-hybridized carbons (Fsp3) is 0.450. The van der Waals surface area contributed by atoms with Gasteiger partial charge in [0.25, 0.3) is 5.91 Å². The van der Waals surface area contributed by atoms with E-state index in [-0.39, 0.29) is 17.3 Å². The van der Waals surface area contributed by atoms with Gasteiger partial charge < -0.3 is 20.7 Å². The normalized spacial score (nSPS) is 14.7. The van der Waals surface area contributed by atoms with E-state index in [2.05, 4.69) is 32.0 Å². The van der Waals surface area contributed by atoms with Crippen LogP contribution in [0.15, 0.2) is 30.5 Å². The Morgan fingerprint density at radius 3 is 2.50 bits per heavy atom. The molecule has 3 N–H and O–H groups in total. The number of hydrogen-bond donors (Lipinski definition) is 2. The van der Waals surface area contributed by atoms with Crippen LogP contribution in [0.4, 0.5) is 17.5 Å². The fourth-order valence-corrected chi connectivity index (χ4v) is 3.20. The van der Waals surface area contributed by atoms with Gasteiger partial charge in [-0.25, -0.2) is 4.98 Å². The van der Waals surface area contributed by atoms with Crippen LogP contribution in [0.1, 0.15) is 30.6 Å². The maximum atomic E-state index is 12.5. The quantitative estimate of drug-likeness (QED) is 0.756. The molecular formula is C20H28N6O2. The minimum absolute atomic E-state index is 0.185. The van der Waals surface area contributed by atoms with E-state index >= 15 is 0 Å². The number of hydrogen-bond acceptors (Lipinski definition) is 7. The van der Waals surface area contributed by atoms with E-state index in [1.807, 2.05) is 6.92 Å². The van der Waals surface area contributed by atoms with Crippen molar-refractivity contribution in [3.05, 3.63) is 36.0 Å². The SMILES string of the molecule is CCCN1CCN(c2ncc(C(=O)Nc3ccc(OCC)cc3)c(N)n2)CC1. The van der Waals surface area contributed by atoms with E-state index in [0.717, 1.165) is 44.9 Å². The van der Waals surface area contributed by atoms with Crippen LogP contribution < -0.4 is 20.7 Å². The number of nitrogens with zero attached hydrogens (tertiary/aromatic N) is 4. The molecule has 0 spiro atoms. The summed E-state index contributed by atoms with van der Waals surface area (Å²) in [6.45, 7) is 9.50. The largest absolute Gasteiger partial charge is 0.494 e. The first-order valence-electron chi connectivity index (χ1n) is 9.74. The molecule has 1 aromatic carbocycles. The molecular weight excluding hydrogens is 356 g/mol. The Bertz CT molecular complexity index is 788. The van der Waals surface area contributed by atoms with Gasteiger partial charge in [0.2, 0.25) is 5.95 Å². The van der Waals surface area contributed by atoms with Crippen molar-refractivity contribution in [2.75, 3.05) is 55.3 Å². The summed E-state index contributed by atoms with van der Waals surface area (Å²) in [5, 5.41) is 2.81. The van der Waals surface area contributed by atoms with Crippen LogP contribution >= 0.6 is 0 Å². The summed E-state index contributed by atoms with van der Waals surface area (Å²) < 4.78 is 5.40. The summed E-state index contributed by atoms with van der Waals surface area (Å²) in [7, 11) is 0. The van der Waals surface area contributed by atoms with Crippen molar-refractivity contribution in [3.8, 4) is 5.75 Å². The zero-order valence-corrected chi connectivity index (χ0v) is 16.5. The van der Waals surface area contributed by atoms with Gasteiger partial charge in [-0.05, 0) is 44.2 Å². The lowest BCUT2D eigenvalue weighted by atomic mass is 10.2. The number of carbonyl (C=O) groups excluding carboxylic acids is 1. The summed E-state index contributed by atoms with van der Waals surface area (Å²) in [6, 6.07) is 7.18. The van der Waals surface area contributed by atoms with Crippen molar-refractivity contribution in [2.45, 2.75) is 20.3 Å². The molecule has 1 fully saturated rings. The van der Waals surface area contributed by atoms with Crippen LogP contribution in [0.5, 0.6) is 5.75 Å². The number of anilines is 3. The van der Waals surface area contributed by atoms with Gasteiger partial charge in [0.15, 0.2) is 0 Å². The number of carbonyl (C=O) groups is 1. The lowest BCUT2D eigenvalue weighted by Gasteiger charge is -2.34. The van der Waals surface area contributed by atoms with Crippen LogP contribution in [0.3, 0.4) is 0 Å². The maximum absolute atomic E-state index is 12.5. The molecule has 1 saturated heterocycles. The molecule has 28 heavy (non-hydrogen) atoms. The van der Waals surface area contributed by atoms with Crippen LogP contribution in [-0.4, -0.2) is 60.1 Å². The van der Waals surface area contributed by atoms with Gasteiger partial charge in [0, 0.05) is 38.1 Å². The highest BCUT2D eigenvalue weighted by atomic mass is 16.5. The van der Waals surface area contributed by atoms with E-state index in [0.29, 0.717) is 18.2 Å². The van der Waals surface area contributed by atoms with Crippen LogP contribution in [0, 0.1) is 0 Å². The Morgan fingerprint density at radius 1 is 1.18 bits per heavy atom. The van der Waals surface area contributed by atoms with Gasteiger partial charge in [0.05, 0.1) is 6.61 Å². The fourth-order valence-electron chi connectivity index (χ4n) is 3.20. The molecule has 0 bridgehead atoms. The van der Waals surface area contributed by atoms with Gasteiger partial charge in [-0.15, -0.1) is 0 Å². The van der Waals surface area contributed by atoms with Gasteiger partial charge >= 0.3 is 0 Å². The minimum atomic E-state index is -0.332. The molecule has 3 rings (SSSR count). The van der Waals surface area contributed by atoms with Crippen molar-refractivity contribution >= 4 is 23.4 Å². The number of nitrogens with one attached hydrogen (secondary N) is 1. The van der Waals surface area contributed by atoms with Crippen molar-refractivity contribution in [3.63, 3.8) is 0 Å². The Hall–Kier alpha value is -2.87. The first-order chi connectivity index (χ1) is 13.6. The molecule has 0 radical (unpaired) electrons. The second kappa shape index (κ2) is 9.36. The van der Waals surface area contributed by atoms with E-state index in [1.54, 1.807) is 24.3 Å². The molecule has 0 unspecified atom stereocenters. The average molecular weight is 384 g/mol. The molecule has 1 aliphatic rings. The third-order valence-electron chi connectivity index (χ3n) is 4.67. The zero-order chi connectivity index (χ0) is 19.9. The second-order valence-electron chi connectivity index (χ2n) is 6.71. The number of nitrogens with two attached hydrogens (primary N) is 1. The third-order valence-corrected chi connectivity index (χ3v) is 4.67. The molecule has 2 heterocycles. The Balaban J connectivity index is 1.62. The highest BCUT2D eigenvalue weighted by Gasteiger charge is 2.20. The van der Waals surface area contributed by atoms with E-state index < -0.39 is 0 Å². The molecule has 8 nitrogen and oxygen atoms in total. The maximum Gasteiger partial charge on any atom is 0.260 e. The summed E-state index contributed by atoms with van der Waals surface area (Å²) in [4.78, 5) is 25.8. The van der Waals surface area contributed by atoms with Crippen molar-refractivity contribution < 1.29 is 9.53 Å². The topological polar surface area (TPSA) is 96.6 Å². The molecule has 150 valence electrons. The molecule has 0 atom stereocenters. The van der Waals surface area contributed by atoms with Gasteiger partial charge in [0.1, 0.15) is 17.1 Å². The zero-order valence-electron chi connectivity index (χ0n) is 16.5. The number of benzene rings is 1. The van der Waals surface area contributed by atoms with Crippen LogP contribution in [0.2, 0.25) is 0 Å². The molecule has 1 aromatic heterocycles. The number of aromatic nitrogens is 2. The highest BCUT2D eigenvalue weighted by molar-refractivity contribution is 6.07. The van der Waals surface area contributed by atoms with E-state index in [9.17, 15) is 4.79 Å². The van der Waals surface area contributed by atoms with Gasteiger partial charge in [-0.3, -0.25) is 9.69 Å². The molecule has 1 aliphatic heterocycles. The standard InChI is InChI=1S/C20H28N6O2/c1-3-9-25-10-12-26(13-11-25)20-22-14-17(18(21)24-20)19(27)23-15-5-7-16(8-6-15)28-4-2/h5-8,14H,3-4,9-13H2,1-2H3,(H,23,27)(H2,21,22,24). The molecule has 8 heteroatoms. The number of amides is 1. The molecule has 2 aromatic rings. The lowest BCUT2D eigenvalue weighted by Crippen LogP contribution is -2.47. The second-order valence-corrected chi connectivity index (χ2v) is 6.71. The van der Waals surface area contributed by atoms with E-state index in [4.69, 9.17) is 10.5 Å².